The Hall–Kier alpha value is -1.89. The summed E-state index contributed by atoms with van der Waals surface area (Å²) in [5, 5.41) is 2.82. The van der Waals surface area contributed by atoms with E-state index in [9.17, 15) is 0 Å². The summed E-state index contributed by atoms with van der Waals surface area (Å²) in [6.45, 7) is 1.94. The molecule has 7 heteroatoms. The average molecular weight is 325 g/mol. The Morgan fingerprint density at radius 1 is 1.16 bits per heavy atom. The Labute approximate surface area is 119 Å². The van der Waals surface area contributed by atoms with Crippen LogP contribution < -0.4 is 14.8 Å². The number of anilines is 1. The third-order valence-corrected chi connectivity index (χ3v) is 2.85. The van der Waals surface area contributed by atoms with Gasteiger partial charge in [0.1, 0.15) is 5.75 Å². The van der Waals surface area contributed by atoms with E-state index < -0.39 is 0 Å². The molecule has 1 heterocycles. The van der Waals surface area contributed by atoms with Crippen molar-refractivity contribution in [2.45, 2.75) is 6.92 Å². The van der Waals surface area contributed by atoms with E-state index in [2.05, 4.69) is 36.2 Å². The van der Waals surface area contributed by atoms with E-state index in [4.69, 9.17) is 9.47 Å². The number of hydrogen-bond donors (Lipinski definition) is 1. The Kier molecular flexibility index (Phi) is 4.16. The SMILES string of the molecule is CNc1nc(OC)nc(Oc2cc(Br)ccc2C)n1. The molecule has 100 valence electrons. The number of aromatic nitrogens is 3. The van der Waals surface area contributed by atoms with Gasteiger partial charge < -0.3 is 14.8 Å². The molecule has 6 nitrogen and oxygen atoms in total. The Balaban J connectivity index is 2.34. The van der Waals surface area contributed by atoms with Crippen LogP contribution in [0.1, 0.15) is 5.56 Å². The molecule has 1 aromatic heterocycles. The highest BCUT2D eigenvalue weighted by Gasteiger charge is 2.09. The smallest absolute Gasteiger partial charge is 0.330 e. The molecule has 0 fully saturated rings. The van der Waals surface area contributed by atoms with Crippen molar-refractivity contribution in [1.29, 1.82) is 0 Å². The van der Waals surface area contributed by atoms with Gasteiger partial charge in [-0.3, -0.25) is 0 Å². The summed E-state index contributed by atoms with van der Waals surface area (Å²) in [6, 6.07) is 6.11. The Bertz CT molecular complexity index is 570. The van der Waals surface area contributed by atoms with Crippen LogP contribution in [-0.4, -0.2) is 29.1 Å². The zero-order valence-corrected chi connectivity index (χ0v) is 12.4. The Morgan fingerprint density at radius 3 is 2.58 bits per heavy atom. The first-order chi connectivity index (χ1) is 9.12. The lowest BCUT2D eigenvalue weighted by Crippen LogP contribution is -2.03. The summed E-state index contributed by atoms with van der Waals surface area (Å²) in [6.07, 6.45) is 0. The van der Waals surface area contributed by atoms with E-state index in [0.717, 1.165) is 10.0 Å². The normalized spacial score (nSPS) is 10.1. The van der Waals surface area contributed by atoms with Gasteiger partial charge in [0, 0.05) is 11.5 Å². The van der Waals surface area contributed by atoms with Gasteiger partial charge in [0.05, 0.1) is 7.11 Å². The zero-order chi connectivity index (χ0) is 13.8. The first-order valence-corrected chi connectivity index (χ1v) is 6.33. The zero-order valence-electron chi connectivity index (χ0n) is 10.8. The van der Waals surface area contributed by atoms with Crippen LogP contribution in [0.2, 0.25) is 0 Å². The third kappa shape index (κ3) is 3.31. The minimum absolute atomic E-state index is 0.178. The number of methoxy groups -OCH3 is 1. The molecular weight excluding hydrogens is 312 g/mol. The summed E-state index contributed by atoms with van der Waals surface area (Å²) in [7, 11) is 3.20. The van der Waals surface area contributed by atoms with Crippen LogP contribution in [0, 0.1) is 6.92 Å². The number of halogens is 1. The van der Waals surface area contributed by atoms with Crippen molar-refractivity contribution in [2.24, 2.45) is 0 Å². The summed E-state index contributed by atoms with van der Waals surface area (Å²) in [5.74, 6) is 1.05. The van der Waals surface area contributed by atoms with Crippen LogP contribution in [0.25, 0.3) is 0 Å². The number of ether oxygens (including phenoxy) is 2. The van der Waals surface area contributed by atoms with E-state index in [-0.39, 0.29) is 12.0 Å². The molecule has 0 bridgehead atoms. The molecule has 0 saturated heterocycles. The molecule has 19 heavy (non-hydrogen) atoms. The minimum Gasteiger partial charge on any atom is -0.467 e. The summed E-state index contributed by atoms with van der Waals surface area (Å²) >= 11 is 3.40. The second kappa shape index (κ2) is 5.83. The van der Waals surface area contributed by atoms with Crippen molar-refractivity contribution in [3.05, 3.63) is 28.2 Å². The maximum Gasteiger partial charge on any atom is 0.330 e. The number of nitrogens with one attached hydrogen (secondary N) is 1. The molecule has 0 amide bonds. The molecule has 0 aliphatic rings. The molecule has 0 unspecified atom stereocenters. The monoisotopic (exact) mass is 324 g/mol. The average Bonchev–Trinajstić information content (AvgIpc) is 2.42. The minimum atomic E-state index is 0.178. The highest BCUT2D eigenvalue weighted by molar-refractivity contribution is 9.10. The van der Waals surface area contributed by atoms with Gasteiger partial charge in [-0.2, -0.15) is 9.97 Å². The van der Waals surface area contributed by atoms with E-state index in [1.165, 1.54) is 7.11 Å². The Morgan fingerprint density at radius 2 is 1.89 bits per heavy atom. The molecule has 0 atom stereocenters. The third-order valence-electron chi connectivity index (χ3n) is 2.35. The fourth-order valence-corrected chi connectivity index (χ4v) is 1.71. The molecule has 0 aliphatic heterocycles. The molecular formula is C12H13BrN4O2. The fourth-order valence-electron chi connectivity index (χ4n) is 1.37. The van der Waals surface area contributed by atoms with Crippen LogP contribution in [-0.2, 0) is 0 Å². The van der Waals surface area contributed by atoms with E-state index in [1.54, 1.807) is 7.05 Å². The van der Waals surface area contributed by atoms with Crippen LogP contribution >= 0.6 is 15.9 Å². The number of aryl methyl sites for hydroxylation is 1. The van der Waals surface area contributed by atoms with Crippen LogP contribution in [0.5, 0.6) is 17.8 Å². The largest absolute Gasteiger partial charge is 0.467 e. The van der Waals surface area contributed by atoms with E-state index in [1.807, 2.05) is 25.1 Å². The number of benzene rings is 1. The maximum absolute atomic E-state index is 5.66. The quantitative estimate of drug-likeness (QED) is 0.932. The first kappa shape index (κ1) is 13.5. The lowest BCUT2D eigenvalue weighted by atomic mass is 10.2. The summed E-state index contributed by atoms with van der Waals surface area (Å²) in [4.78, 5) is 12.2. The summed E-state index contributed by atoms with van der Waals surface area (Å²) < 4.78 is 11.6. The lowest BCUT2D eigenvalue weighted by molar-refractivity contribution is 0.359. The standard InChI is InChI=1S/C12H13BrN4O2/c1-7-4-5-8(13)6-9(7)19-12-16-10(14-2)15-11(17-12)18-3/h4-6H,1-3H3,(H,14,15,16,17). The van der Waals surface area contributed by atoms with Crippen molar-refractivity contribution < 1.29 is 9.47 Å². The first-order valence-electron chi connectivity index (χ1n) is 5.54. The molecule has 0 saturated carbocycles. The predicted molar refractivity (Wildman–Crippen MR) is 74.9 cm³/mol. The van der Waals surface area contributed by atoms with Gasteiger partial charge in [-0.25, -0.2) is 0 Å². The van der Waals surface area contributed by atoms with Crippen molar-refractivity contribution >= 4 is 21.9 Å². The van der Waals surface area contributed by atoms with Crippen molar-refractivity contribution in [3.8, 4) is 17.8 Å². The summed E-state index contributed by atoms with van der Waals surface area (Å²) in [5.41, 5.74) is 0.980. The molecule has 0 radical (unpaired) electrons. The number of nitrogens with zero attached hydrogens (tertiary/aromatic N) is 3. The van der Waals surface area contributed by atoms with Crippen molar-refractivity contribution in [2.75, 3.05) is 19.5 Å². The van der Waals surface area contributed by atoms with Gasteiger partial charge in [0.2, 0.25) is 5.95 Å². The fraction of sp³-hybridized carbons (Fsp3) is 0.250. The van der Waals surface area contributed by atoms with E-state index >= 15 is 0 Å². The number of hydrogen-bond acceptors (Lipinski definition) is 6. The lowest BCUT2D eigenvalue weighted by Gasteiger charge is -2.09. The molecule has 2 rings (SSSR count). The molecule has 0 spiro atoms. The van der Waals surface area contributed by atoms with Gasteiger partial charge in [0.25, 0.3) is 0 Å². The van der Waals surface area contributed by atoms with Crippen molar-refractivity contribution in [3.63, 3.8) is 0 Å². The predicted octanol–water partition coefficient (Wildman–Crippen LogP) is 2.79. The van der Waals surface area contributed by atoms with Gasteiger partial charge in [-0.1, -0.05) is 22.0 Å². The van der Waals surface area contributed by atoms with Gasteiger partial charge in [-0.15, -0.1) is 4.98 Å². The molecule has 2 aromatic rings. The maximum atomic E-state index is 5.66. The highest BCUT2D eigenvalue weighted by Crippen LogP contribution is 2.27. The molecule has 1 N–H and O–H groups in total. The van der Waals surface area contributed by atoms with Crippen LogP contribution in [0.3, 0.4) is 0 Å². The van der Waals surface area contributed by atoms with Gasteiger partial charge >= 0.3 is 12.0 Å². The highest BCUT2D eigenvalue weighted by atomic mass is 79.9. The van der Waals surface area contributed by atoms with Crippen LogP contribution in [0.15, 0.2) is 22.7 Å². The second-order valence-electron chi connectivity index (χ2n) is 3.69. The second-order valence-corrected chi connectivity index (χ2v) is 4.61. The molecule has 0 aliphatic carbocycles. The van der Waals surface area contributed by atoms with Gasteiger partial charge in [0.15, 0.2) is 0 Å². The van der Waals surface area contributed by atoms with Crippen LogP contribution in [0.4, 0.5) is 5.95 Å². The van der Waals surface area contributed by atoms with E-state index in [0.29, 0.717) is 11.7 Å². The van der Waals surface area contributed by atoms with Gasteiger partial charge in [-0.05, 0) is 24.6 Å². The number of rotatable bonds is 4. The van der Waals surface area contributed by atoms with Crippen molar-refractivity contribution in [1.82, 2.24) is 15.0 Å². The molecule has 1 aromatic carbocycles. The topological polar surface area (TPSA) is 69.2 Å².